The van der Waals surface area contributed by atoms with Crippen molar-refractivity contribution in [3.8, 4) is 0 Å². The molecular formula is C14H20N2O2. The summed E-state index contributed by atoms with van der Waals surface area (Å²) in [4.78, 5) is 24.5. The SMILES string of the molecule is CCc1nn(C)cc1C(=O)C1CCCCCC1=O. The molecular weight excluding hydrogens is 228 g/mol. The maximum absolute atomic E-state index is 12.5. The van der Waals surface area contributed by atoms with Gasteiger partial charge in [0, 0.05) is 19.7 Å². The Bertz CT molecular complexity index is 462. The summed E-state index contributed by atoms with van der Waals surface area (Å²) < 4.78 is 1.66. The molecule has 18 heavy (non-hydrogen) atoms. The molecule has 0 spiro atoms. The van der Waals surface area contributed by atoms with E-state index in [1.165, 1.54) is 0 Å². The number of ketones is 2. The molecule has 0 amide bonds. The van der Waals surface area contributed by atoms with E-state index in [0.29, 0.717) is 18.4 Å². The van der Waals surface area contributed by atoms with Crippen LogP contribution in [-0.4, -0.2) is 21.3 Å². The van der Waals surface area contributed by atoms with E-state index in [-0.39, 0.29) is 11.6 Å². The van der Waals surface area contributed by atoms with Crippen LogP contribution in [0.15, 0.2) is 6.20 Å². The number of nitrogens with zero attached hydrogens (tertiary/aromatic N) is 2. The minimum Gasteiger partial charge on any atom is -0.299 e. The van der Waals surface area contributed by atoms with Gasteiger partial charge >= 0.3 is 0 Å². The van der Waals surface area contributed by atoms with E-state index in [0.717, 1.165) is 31.4 Å². The number of carbonyl (C=O) groups excluding carboxylic acids is 2. The van der Waals surface area contributed by atoms with Crippen molar-refractivity contribution >= 4 is 11.6 Å². The molecule has 1 aromatic rings. The number of rotatable bonds is 3. The molecule has 4 heteroatoms. The lowest BCUT2D eigenvalue weighted by Gasteiger charge is -2.11. The van der Waals surface area contributed by atoms with E-state index in [4.69, 9.17) is 0 Å². The van der Waals surface area contributed by atoms with Crippen LogP contribution < -0.4 is 0 Å². The van der Waals surface area contributed by atoms with Gasteiger partial charge in [0.1, 0.15) is 5.78 Å². The van der Waals surface area contributed by atoms with Crippen LogP contribution in [0.25, 0.3) is 0 Å². The second kappa shape index (κ2) is 5.46. The second-order valence-corrected chi connectivity index (χ2v) is 5.00. The normalized spacial score (nSPS) is 20.8. The lowest BCUT2D eigenvalue weighted by Crippen LogP contribution is -2.23. The van der Waals surface area contributed by atoms with Crippen LogP contribution in [0.1, 0.15) is 55.1 Å². The van der Waals surface area contributed by atoms with Gasteiger partial charge in [-0.25, -0.2) is 0 Å². The Morgan fingerprint density at radius 1 is 1.44 bits per heavy atom. The van der Waals surface area contributed by atoms with Crippen molar-refractivity contribution in [2.75, 3.05) is 0 Å². The van der Waals surface area contributed by atoms with Crippen molar-refractivity contribution in [1.29, 1.82) is 0 Å². The molecule has 1 aromatic heterocycles. The van der Waals surface area contributed by atoms with E-state index < -0.39 is 5.92 Å². The molecule has 1 fully saturated rings. The third kappa shape index (κ3) is 2.52. The van der Waals surface area contributed by atoms with Gasteiger partial charge < -0.3 is 0 Å². The van der Waals surface area contributed by atoms with Gasteiger partial charge in [-0.15, -0.1) is 0 Å². The zero-order valence-corrected chi connectivity index (χ0v) is 11.1. The van der Waals surface area contributed by atoms with Crippen LogP contribution in [0, 0.1) is 5.92 Å². The molecule has 0 N–H and O–H groups in total. The Morgan fingerprint density at radius 3 is 2.94 bits per heavy atom. The van der Waals surface area contributed by atoms with Crippen LogP contribution >= 0.6 is 0 Å². The maximum Gasteiger partial charge on any atom is 0.176 e. The average Bonchev–Trinajstić information content (AvgIpc) is 2.60. The molecule has 1 aliphatic carbocycles. The summed E-state index contributed by atoms with van der Waals surface area (Å²) in [5.41, 5.74) is 1.44. The van der Waals surface area contributed by atoms with Gasteiger partial charge in [0.05, 0.1) is 17.2 Å². The molecule has 0 radical (unpaired) electrons. The van der Waals surface area contributed by atoms with E-state index in [9.17, 15) is 9.59 Å². The molecule has 0 aliphatic heterocycles. The third-order valence-electron chi connectivity index (χ3n) is 3.63. The van der Waals surface area contributed by atoms with Crippen LogP contribution in [0.5, 0.6) is 0 Å². The van der Waals surface area contributed by atoms with E-state index in [2.05, 4.69) is 5.10 Å². The van der Waals surface area contributed by atoms with Crippen molar-refractivity contribution in [2.24, 2.45) is 13.0 Å². The number of aromatic nitrogens is 2. The fourth-order valence-corrected chi connectivity index (χ4v) is 2.63. The van der Waals surface area contributed by atoms with Gasteiger partial charge in [-0.05, 0) is 19.3 Å². The van der Waals surface area contributed by atoms with Gasteiger partial charge in [-0.3, -0.25) is 14.3 Å². The highest BCUT2D eigenvalue weighted by atomic mass is 16.2. The van der Waals surface area contributed by atoms with Gasteiger partial charge in [0.25, 0.3) is 0 Å². The first-order valence-corrected chi connectivity index (χ1v) is 6.73. The van der Waals surface area contributed by atoms with E-state index in [1.54, 1.807) is 10.9 Å². The topological polar surface area (TPSA) is 52.0 Å². The number of hydrogen-bond donors (Lipinski definition) is 0. The standard InChI is InChI=1S/C14H20N2O2/c1-3-12-11(9-16(2)15-12)14(18)10-7-5-4-6-8-13(10)17/h9-10H,3-8H2,1-2H3. The fourth-order valence-electron chi connectivity index (χ4n) is 2.63. The van der Waals surface area contributed by atoms with Gasteiger partial charge in [0.15, 0.2) is 5.78 Å². The lowest BCUT2D eigenvalue weighted by molar-refractivity contribution is -0.121. The maximum atomic E-state index is 12.5. The van der Waals surface area contributed by atoms with Crippen molar-refractivity contribution in [2.45, 2.75) is 45.4 Å². The summed E-state index contributed by atoms with van der Waals surface area (Å²) in [6.45, 7) is 1.98. The molecule has 2 rings (SSSR count). The zero-order valence-electron chi connectivity index (χ0n) is 11.1. The Labute approximate surface area is 107 Å². The predicted molar refractivity (Wildman–Crippen MR) is 68.5 cm³/mol. The monoisotopic (exact) mass is 248 g/mol. The van der Waals surface area contributed by atoms with Crippen LogP contribution in [-0.2, 0) is 18.3 Å². The molecule has 0 saturated heterocycles. The Hall–Kier alpha value is -1.45. The number of hydrogen-bond acceptors (Lipinski definition) is 3. The van der Waals surface area contributed by atoms with E-state index in [1.807, 2.05) is 14.0 Å². The number of carbonyl (C=O) groups is 2. The van der Waals surface area contributed by atoms with Crippen molar-refractivity contribution in [3.05, 3.63) is 17.5 Å². The first-order valence-electron chi connectivity index (χ1n) is 6.73. The molecule has 0 bridgehead atoms. The minimum absolute atomic E-state index is 0.0214. The van der Waals surface area contributed by atoms with Gasteiger partial charge in [-0.2, -0.15) is 5.10 Å². The Balaban J connectivity index is 2.26. The van der Waals surface area contributed by atoms with Crippen LogP contribution in [0.4, 0.5) is 0 Å². The summed E-state index contributed by atoms with van der Waals surface area (Å²) in [6, 6.07) is 0. The quantitative estimate of drug-likeness (QED) is 0.468. The molecule has 98 valence electrons. The highest BCUT2D eigenvalue weighted by Gasteiger charge is 2.30. The fraction of sp³-hybridized carbons (Fsp3) is 0.643. The minimum atomic E-state index is -0.429. The van der Waals surface area contributed by atoms with Gasteiger partial charge in [0.2, 0.25) is 0 Å². The summed E-state index contributed by atoms with van der Waals surface area (Å²) in [7, 11) is 1.81. The molecule has 1 aliphatic rings. The summed E-state index contributed by atoms with van der Waals surface area (Å²) >= 11 is 0. The van der Waals surface area contributed by atoms with Crippen LogP contribution in [0.2, 0.25) is 0 Å². The highest BCUT2D eigenvalue weighted by Crippen LogP contribution is 2.24. The zero-order chi connectivity index (χ0) is 13.1. The highest BCUT2D eigenvalue weighted by molar-refractivity contribution is 6.11. The molecule has 1 unspecified atom stereocenters. The number of Topliss-reactive ketones (excluding diaryl/α,β-unsaturated/α-hetero) is 2. The van der Waals surface area contributed by atoms with Crippen molar-refractivity contribution in [3.63, 3.8) is 0 Å². The smallest absolute Gasteiger partial charge is 0.176 e. The van der Waals surface area contributed by atoms with Crippen LogP contribution in [0.3, 0.4) is 0 Å². The summed E-state index contributed by atoms with van der Waals surface area (Å²) in [6.07, 6.45) is 6.69. The average molecular weight is 248 g/mol. The Morgan fingerprint density at radius 2 is 2.22 bits per heavy atom. The lowest BCUT2D eigenvalue weighted by atomic mass is 9.90. The van der Waals surface area contributed by atoms with Crippen molar-refractivity contribution < 1.29 is 9.59 Å². The molecule has 1 atom stereocenters. The molecule has 4 nitrogen and oxygen atoms in total. The summed E-state index contributed by atoms with van der Waals surface area (Å²) in [5.74, 6) is -0.336. The van der Waals surface area contributed by atoms with Crippen molar-refractivity contribution in [1.82, 2.24) is 9.78 Å². The first kappa shape index (κ1) is 13.0. The third-order valence-corrected chi connectivity index (χ3v) is 3.63. The summed E-state index contributed by atoms with van der Waals surface area (Å²) in [5, 5.41) is 4.28. The second-order valence-electron chi connectivity index (χ2n) is 5.00. The largest absolute Gasteiger partial charge is 0.299 e. The number of aryl methyl sites for hydroxylation is 2. The molecule has 1 saturated carbocycles. The Kier molecular flexibility index (Phi) is 3.94. The first-order chi connectivity index (χ1) is 8.63. The predicted octanol–water partition coefficient (Wildman–Crippen LogP) is 2.31. The van der Waals surface area contributed by atoms with Gasteiger partial charge in [-0.1, -0.05) is 19.8 Å². The molecule has 0 aromatic carbocycles. The van der Waals surface area contributed by atoms with E-state index >= 15 is 0 Å². The molecule has 1 heterocycles.